The van der Waals surface area contributed by atoms with Crippen molar-refractivity contribution in [3.8, 4) is 0 Å². The second-order valence-electron chi connectivity index (χ2n) is 7.13. The first kappa shape index (κ1) is 21.4. The minimum atomic E-state index is -0.175. The summed E-state index contributed by atoms with van der Waals surface area (Å²) in [6.07, 6.45) is 0. The first-order chi connectivity index (χ1) is 15.7. The number of nitrogens with one attached hydrogen (secondary N) is 2. The van der Waals surface area contributed by atoms with Crippen molar-refractivity contribution in [3.05, 3.63) is 126 Å². The van der Waals surface area contributed by atoms with Crippen LogP contribution in [-0.2, 0) is 5.75 Å². The number of anilines is 2. The van der Waals surface area contributed by atoms with Crippen LogP contribution < -0.4 is 10.6 Å². The molecule has 0 fully saturated rings. The van der Waals surface area contributed by atoms with Gasteiger partial charge in [-0.1, -0.05) is 66.7 Å². The standard InChI is InChI=1S/C27H22N2O2S/c30-26(21-12-6-2-7-13-21)28-23-16-17-24(29-27(31)22-14-8-3-9-15-22)25(18-23)32-19-20-10-4-1-5-11-20/h1-18H,19H2,(H,28,30)(H,29,31). The zero-order chi connectivity index (χ0) is 22.2. The van der Waals surface area contributed by atoms with Crippen LogP contribution in [0.2, 0.25) is 0 Å². The average molecular weight is 439 g/mol. The Bertz CT molecular complexity index is 1200. The molecule has 0 aromatic heterocycles. The molecule has 5 heteroatoms. The molecule has 0 unspecified atom stereocenters. The van der Waals surface area contributed by atoms with Gasteiger partial charge < -0.3 is 10.6 Å². The molecule has 0 aliphatic rings. The van der Waals surface area contributed by atoms with Gasteiger partial charge in [0.25, 0.3) is 11.8 Å². The first-order valence-corrected chi connectivity index (χ1v) is 11.2. The van der Waals surface area contributed by atoms with Gasteiger partial charge in [-0.05, 0) is 48.0 Å². The molecule has 0 spiro atoms. The monoisotopic (exact) mass is 438 g/mol. The molecule has 0 aliphatic carbocycles. The van der Waals surface area contributed by atoms with E-state index in [-0.39, 0.29) is 11.8 Å². The molecule has 4 aromatic carbocycles. The number of carbonyl (C=O) groups is 2. The summed E-state index contributed by atoms with van der Waals surface area (Å²) < 4.78 is 0. The van der Waals surface area contributed by atoms with E-state index in [9.17, 15) is 9.59 Å². The zero-order valence-electron chi connectivity index (χ0n) is 17.3. The summed E-state index contributed by atoms with van der Waals surface area (Å²) in [6.45, 7) is 0. The van der Waals surface area contributed by atoms with E-state index in [0.717, 1.165) is 10.6 Å². The second kappa shape index (κ2) is 10.5. The molecule has 0 saturated heterocycles. The van der Waals surface area contributed by atoms with Gasteiger partial charge in [-0.15, -0.1) is 11.8 Å². The van der Waals surface area contributed by atoms with Crippen LogP contribution >= 0.6 is 11.8 Å². The van der Waals surface area contributed by atoms with Crippen LogP contribution in [0.25, 0.3) is 0 Å². The summed E-state index contributed by atoms with van der Waals surface area (Å²) in [5.41, 5.74) is 3.74. The molecule has 0 aliphatic heterocycles. The molecule has 32 heavy (non-hydrogen) atoms. The topological polar surface area (TPSA) is 58.2 Å². The van der Waals surface area contributed by atoms with E-state index in [1.54, 1.807) is 42.1 Å². The van der Waals surface area contributed by atoms with Crippen molar-refractivity contribution in [2.75, 3.05) is 10.6 Å². The molecular weight excluding hydrogens is 416 g/mol. The molecule has 0 heterocycles. The van der Waals surface area contributed by atoms with Gasteiger partial charge in [-0.25, -0.2) is 0 Å². The van der Waals surface area contributed by atoms with E-state index in [2.05, 4.69) is 22.8 Å². The van der Waals surface area contributed by atoms with Crippen molar-refractivity contribution >= 4 is 35.0 Å². The minimum absolute atomic E-state index is 0.173. The molecule has 2 amide bonds. The Hall–Kier alpha value is -3.83. The van der Waals surface area contributed by atoms with Crippen LogP contribution in [-0.4, -0.2) is 11.8 Å². The van der Waals surface area contributed by atoms with Crippen molar-refractivity contribution in [1.82, 2.24) is 0 Å². The maximum atomic E-state index is 12.7. The smallest absolute Gasteiger partial charge is 0.255 e. The lowest BCUT2D eigenvalue weighted by atomic mass is 10.2. The lowest BCUT2D eigenvalue weighted by molar-refractivity contribution is 0.101. The van der Waals surface area contributed by atoms with Crippen LogP contribution in [0.1, 0.15) is 26.3 Å². The van der Waals surface area contributed by atoms with Gasteiger partial charge in [0.15, 0.2) is 0 Å². The van der Waals surface area contributed by atoms with E-state index in [4.69, 9.17) is 0 Å². The Morgan fingerprint density at radius 1 is 0.625 bits per heavy atom. The van der Waals surface area contributed by atoms with E-state index < -0.39 is 0 Å². The zero-order valence-corrected chi connectivity index (χ0v) is 18.1. The maximum Gasteiger partial charge on any atom is 0.255 e. The third-order valence-electron chi connectivity index (χ3n) is 4.80. The summed E-state index contributed by atoms with van der Waals surface area (Å²) in [4.78, 5) is 26.1. The highest BCUT2D eigenvalue weighted by Crippen LogP contribution is 2.33. The molecule has 4 nitrogen and oxygen atoms in total. The van der Waals surface area contributed by atoms with E-state index in [0.29, 0.717) is 22.5 Å². The van der Waals surface area contributed by atoms with Crippen molar-refractivity contribution in [3.63, 3.8) is 0 Å². The summed E-state index contributed by atoms with van der Waals surface area (Å²) in [5.74, 6) is 0.393. The van der Waals surface area contributed by atoms with Crippen LogP contribution in [0, 0.1) is 0 Å². The van der Waals surface area contributed by atoms with Crippen LogP contribution in [0.15, 0.2) is 114 Å². The number of thioether (sulfide) groups is 1. The molecule has 158 valence electrons. The van der Waals surface area contributed by atoms with Crippen LogP contribution in [0.3, 0.4) is 0 Å². The van der Waals surface area contributed by atoms with Gasteiger partial charge in [-0.3, -0.25) is 9.59 Å². The number of hydrogen-bond acceptors (Lipinski definition) is 3. The van der Waals surface area contributed by atoms with Crippen molar-refractivity contribution in [1.29, 1.82) is 0 Å². The number of carbonyl (C=O) groups excluding carboxylic acids is 2. The lowest BCUT2D eigenvalue weighted by Crippen LogP contribution is -2.14. The quantitative estimate of drug-likeness (QED) is 0.325. The number of amides is 2. The fraction of sp³-hybridized carbons (Fsp3) is 0.0370. The van der Waals surface area contributed by atoms with Crippen LogP contribution in [0.4, 0.5) is 11.4 Å². The molecule has 0 radical (unpaired) electrons. The Morgan fingerprint density at radius 2 is 1.16 bits per heavy atom. The van der Waals surface area contributed by atoms with Crippen LogP contribution in [0.5, 0.6) is 0 Å². The fourth-order valence-corrected chi connectivity index (χ4v) is 4.13. The van der Waals surface area contributed by atoms with E-state index >= 15 is 0 Å². The summed E-state index contributed by atoms with van der Waals surface area (Å²) in [5, 5.41) is 5.95. The fourth-order valence-electron chi connectivity index (χ4n) is 3.13. The van der Waals surface area contributed by atoms with Crippen molar-refractivity contribution in [2.24, 2.45) is 0 Å². The Kier molecular flexibility index (Phi) is 7.00. The maximum absolute atomic E-state index is 12.7. The molecule has 0 atom stereocenters. The normalized spacial score (nSPS) is 10.4. The van der Waals surface area contributed by atoms with Crippen molar-refractivity contribution in [2.45, 2.75) is 10.6 Å². The first-order valence-electron chi connectivity index (χ1n) is 10.2. The molecule has 2 N–H and O–H groups in total. The van der Waals surface area contributed by atoms with Gasteiger partial charge in [0, 0.05) is 27.5 Å². The van der Waals surface area contributed by atoms with Gasteiger partial charge >= 0.3 is 0 Å². The number of benzene rings is 4. The molecular formula is C27H22N2O2S. The molecule has 0 saturated carbocycles. The highest BCUT2D eigenvalue weighted by atomic mass is 32.2. The molecule has 0 bridgehead atoms. The van der Waals surface area contributed by atoms with Gasteiger partial charge in [-0.2, -0.15) is 0 Å². The minimum Gasteiger partial charge on any atom is -0.322 e. The lowest BCUT2D eigenvalue weighted by Gasteiger charge is -2.14. The average Bonchev–Trinajstić information content (AvgIpc) is 2.85. The summed E-state index contributed by atoms with van der Waals surface area (Å²) in [7, 11) is 0. The third kappa shape index (κ3) is 5.65. The summed E-state index contributed by atoms with van der Waals surface area (Å²) >= 11 is 1.61. The van der Waals surface area contributed by atoms with Gasteiger partial charge in [0.2, 0.25) is 0 Å². The van der Waals surface area contributed by atoms with E-state index in [1.807, 2.05) is 66.7 Å². The Morgan fingerprint density at radius 3 is 1.75 bits per heavy atom. The highest BCUT2D eigenvalue weighted by Gasteiger charge is 2.12. The predicted octanol–water partition coefficient (Wildman–Crippen LogP) is 6.48. The van der Waals surface area contributed by atoms with Crippen molar-refractivity contribution < 1.29 is 9.59 Å². The summed E-state index contributed by atoms with van der Waals surface area (Å²) in [6, 6.07) is 33.8. The Balaban J connectivity index is 1.56. The predicted molar refractivity (Wildman–Crippen MR) is 131 cm³/mol. The highest BCUT2D eigenvalue weighted by molar-refractivity contribution is 7.98. The number of rotatable bonds is 7. The largest absolute Gasteiger partial charge is 0.322 e. The molecule has 4 aromatic rings. The van der Waals surface area contributed by atoms with E-state index in [1.165, 1.54) is 5.56 Å². The third-order valence-corrected chi connectivity index (χ3v) is 5.92. The molecule has 4 rings (SSSR count). The van der Waals surface area contributed by atoms with Gasteiger partial charge in [0.1, 0.15) is 0 Å². The second-order valence-corrected chi connectivity index (χ2v) is 8.14. The van der Waals surface area contributed by atoms with Gasteiger partial charge in [0.05, 0.1) is 5.69 Å². The Labute approximate surface area is 191 Å². The number of hydrogen-bond donors (Lipinski definition) is 2. The SMILES string of the molecule is O=C(Nc1ccc(NC(=O)c2ccccc2)c(SCc2ccccc2)c1)c1ccccc1.